The summed E-state index contributed by atoms with van der Waals surface area (Å²) in [4.78, 5) is 63.6. The highest BCUT2D eigenvalue weighted by molar-refractivity contribution is 7.00. The van der Waals surface area contributed by atoms with E-state index in [0.717, 1.165) is 20.7 Å². The van der Waals surface area contributed by atoms with Crippen LogP contribution in [0, 0.1) is 19.8 Å². The third-order valence-electron chi connectivity index (χ3n) is 14.5. The van der Waals surface area contributed by atoms with E-state index in [1.807, 2.05) is 72.8 Å². The highest BCUT2D eigenvalue weighted by Gasteiger charge is 2.58. The van der Waals surface area contributed by atoms with Crippen molar-refractivity contribution in [3.05, 3.63) is 187 Å². The maximum Gasteiger partial charge on any atom is 0.330 e. The number of hydrogen-bond acceptors (Lipinski definition) is 12. The molecule has 0 aliphatic carbocycles. The number of aromatic nitrogens is 4. The molecule has 8 rings (SSSR count). The van der Waals surface area contributed by atoms with Crippen molar-refractivity contribution in [1.82, 2.24) is 24.2 Å². The Morgan fingerprint density at radius 3 is 1.44 bits per heavy atom. The average molecular weight is 1030 g/mol. The number of aliphatic hydroxyl groups excluding tert-OH is 1. The first-order valence-electron chi connectivity index (χ1n) is 24.8. The molecular weight excluding hydrogens is 963 g/mol. The molecule has 0 saturated carbocycles. The lowest BCUT2D eigenvalue weighted by atomic mass is 9.98. The summed E-state index contributed by atoms with van der Waals surface area (Å²) in [5, 5.41) is 17.3. The van der Waals surface area contributed by atoms with E-state index in [0.29, 0.717) is 5.56 Å². The van der Waals surface area contributed by atoms with Crippen molar-refractivity contribution in [1.29, 1.82) is 0 Å². The van der Waals surface area contributed by atoms with Crippen LogP contribution in [0.1, 0.15) is 65.1 Å². The maximum absolute atomic E-state index is 13.6. The molecule has 2 aliphatic rings. The van der Waals surface area contributed by atoms with E-state index in [-0.39, 0.29) is 30.4 Å². The average Bonchev–Trinajstić information content (AvgIpc) is 3.87. The lowest BCUT2D eigenvalue weighted by molar-refractivity contribution is -0.188. The van der Waals surface area contributed by atoms with Gasteiger partial charge in [0.05, 0.1) is 19.3 Å². The first-order chi connectivity index (χ1) is 34.7. The summed E-state index contributed by atoms with van der Waals surface area (Å²) >= 11 is 0. The Morgan fingerprint density at radius 1 is 0.603 bits per heavy atom. The van der Waals surface area contributed by atoms with Crippen LogP contribution in [-0.2, 0) is 27.9 Å². The van der Waals surface area contributed by atoms with Crippen molar-refractivity contribution in [2.45, 2.75) is 108 Å². The molecule has 18 heteroatoms. The molecule has 2 saturated heterocycles. The molecule has 0 bridgehead atoms. The minimum Gasteiger partial charge on any atom is -0.405 e. The fourth-order valence-electron chi connectivity index (χ4n) is 10.8. The van der Waals surface area contributed by atoms with Gasteiger partial charge in [-0.3, -0.25) is 33.5 Å². The minimum absolute atomic E-state index is 0.0428. The molecule has 0 amide bonds. The predicted octanol–water partition coefficient (Wildman–Crippen LogP) is 3.88. The fourth-order valence-corrected chi connectivity index (χ4v) is 20.1. The second-order valence-electron chi connectivity index (χ2n) is 21.3. The molecule has 6 aromatic rings. The Kier molecular flexibility index (Phi) is 15.9. The lowest BCUT2D eigenvalue weighted by Gasteiger charge is -2.46. The smallest absolute Gasteiger partial charge is 0.330 e. The Balaban J connectivity index is 1.15. The van der Waals surface area contributed by atoms with Gasteiger partial charge in [-0.05, 0) is 44.7 Å². The lowest BCUT2D eigenvalue weighted by Crippen LogP contribution is -2.69. The number of ether oxygens (including phenoxy) is 3. The molecule has 2 aromatic heterocycles. The molecule has 0 spiro atoms. The van der Waals surface area contributed by atoms with E-state index in [9.17, 15) is 24.3 Å². The van der Waals surface area contributed by atoms with Crippen molar-refractivity contribution in [3.8, 4) is 0 Å². The molecule has 4 heterocycles. The number of aliphatic hydroxyl groups is 1. The SMILES string of the molecule is CO[C@@H]1[C@H](O[Si](c2ccccc2)(c2ccccc2)C(C)(C)C)[C@@H](CON(C)C[C@H]2[C@@H](O)[C@H](n3cc(C)c(=O)[nH]c3=O)O[C@@H]2CO[Si](c2ccccc2)(c2ccccc2)C(C)(C)C)O[C@H]1n1cc(C)c(=O)[nH]c1=O. The van der Waals surface area contributed by atoms with Crippen molar-refractivity contribution in [2.75, 3.05) is 33.9 Å². The molecule has 0 radical (unpaired) electrons. The highest BCUT2D eigenvalue weighted by Crippen LogP contribution is 2.43. The number of aryl methyl sites for hydroxylation is 2. The molecule has 4 aromatic carbocycles. The molecule has 2 fully saturated rings. The van der Waals surface area contributed by atoms with Gasteiger partial charge in [-0.25, -0.2) is 9.59 Å². The summed E-state index contributed by atoms with van der Waals surface area (Å²) in [5.41, 5.74) is -1.84. The Bertz CT molecular complexity index is 2970. The second-order valence-corrected chi connectivity index (χ2v) is 29.8. The normalized spacial score (nSPS) is 22.8. The van der Waals surface area contributed by atoms with Gasteiger partial charge in [-0.15, -0.1) is 0 Å². The number of benzene rings is 4. The number of aromatic amines is 2. The van der Waals surface area contributed by atoms with Gasteiger partial charge in [0, 0.05) is 50.1 Å². The summed E-state index contributed by atoms with van der Waals surface area (Å²) in [6.45, 7) is 16.3. The van der Waals surface area contributed by atoms with Crippen LogP contribution < -0.4 is 43.2 Å². The van der Waals surface area contributed by atoms with E-state index >= 15 is 0 Å². The molecular formula is C55H69N5O11Si2. The van der Waals surface area contributed by atoms with Crippen LogP contribution in [0.4, 0.5) is 0 Å². The zero-order valence-electron chi connectivity index (χ0n) is 43.3. The van der Waals surface area contributed by atoms with Crippen molar-refractivity contribution in [2.24, 2.45) is 5.92 Å². The summed E-state index contributed by atoms with van der Waals surface area (Å²) in [6, 6.07) is 40.7. The summed E-state index contributed by atoms with van der Waals surface area (Å²) < 4.78 is 37.5. The topological polar surface area (TPSA) is 189 Å². The quantitative estimate of drug-likeness (QED) is 0.0886. The summed E-state index contributed by atoms with van der Waals surface area (Å²) in [5.74, 6) is -0.705. The second kappa shape index (κ2) is 21.7. The minimum atomic E-state index is -3.31. The number of hydroxylamine groups is 2. The van der Waals surface area contributed by atoms with Gasteiger partial charge >= 0.3 is 11.4 Å². The van der Waals surface area contributed by atoms with Crippen molar-refractivity contribution >= 4 is 37.4 Å². The van der Waals surface area contributed by atoms with Crippen LogP contribution in [0.2, 0.25) is 10.1 Å². The summed E-state index contributed by atoms with van der Waals surface area (Å²) in [7, 11) is -3.14. The molecule has 3 N–H and O–H groups in total. The summed E-state index contributed by atoms with van der Waals surface area (Å²) in [6.07, 6.45) is -3.95. The number of hydrogen-bond donors (Lipinski definition) is 3. The first-order valence-corrected chi connectivity index (χ1v) is 28.6. The van der Waals surface area contributed by atoms with Gasteiger partial charge in [-0.1, -0.05) is 163 Å². The number of nitrogens with zero attached hydrogens (tertiary/aromatic N) is 3. The monoisotopic (exact) mass is 1030 g/mol. The molecule has 8 atom stereocenters. The molecule has 2 aliphatic heterocycles. The van der Waals surface area contributed by atoms with Gasteiger partial charge in [0.25, 0.3) is 27.8 Å². The fraction of sp³-hybridized carbons (Fsp3) is 0.418. The molecule has 0 unspecified atom stereocenters. The van der Waals surface area contributed by atoms with Gasteiger partial charge < -0.3 is 28.2 Å². The van der Waals surface area contributed by atoms with E-state index in [1.54, 1.807) is 33.1 Å². The largest absolute Gasteiger partial charge is 0.405 e. The van der Waals surface area contributed by atoms with E-state index in [4.69, 9.17) is 27.9 Å². The molecule has 388 valence electrons. The Labute approximate surface area is 427 Å². The van der Waals surface area contributed by atoms with Crippen LogP contribution in [-0.4, -0.2) is 110 Å². The maximum atomic E-state index is 13.6. The van der Waals surface area contributed by atoms with Crippen LogP contribution >= 0.6 is 0 Å². The van der Waals surface area contributed by atoms with E-state index in [1.165, 1.54) is 21.5 Å². The third-order valence-corrected chi connectivity index (χ3v) is 24.5. The van der Waals surface area contributed by atoms with Crippen molar-refractivity contribution < 1.29 is 33.0 Å². The molecule has 73 heavy (non-hydrogen) atoms. The predicted molar refractivity (Wildman–Crippen MR) is 285 cm³/mol. The van der Waals surface area contributed by atoms with Gasteiger partial charge in [-0.2, -0.15) is 5.06 Å². The van der Waals surface area contributed by atoms with Gasteiger partial charge in [0.2, 0.25) is 0 Å². The van der Waals surface area contributed by atoms with Crippen LogP contribution in [0.25, 0.3) is 0 Å². The number of rotatable bonds is 17. The zero-order valence-corrected chi connectivity index (χ0v) is 45.3. The number of nitrogens with one attached hydrogen (secondary N) is 2. The highest BCUT2D eigenvalue weighted by atomic mass is 28.4. The van der Waals surface area contributed by atoms with Gasteiger partial charge in [0.1, 0.15) is 24.4 Å². The third kappa shape index (κ3) is 10.4. The van der Waals surface area contributed by atoms with Crippen LogP contribution in [0.5, 0.6) is 0 Å². The number of H-pyrrole nitrogens is 2. The standard InChI is InChI=1S/C55H69N5O11Si2/c1-36-31-59(52(64)56-48(36)62)50-45(61)42(43(69-50)35-68-72(54(3,4)5,38-23-15-11-16-24-38)39-25-17-12-18-26-39)33-58(9)67-34-44-46(47(66-10)51(70-44)60-32-37(2)49(63)57-53(60)65)71-73(55(6,7)8,40-27-19-13-20-28-40)41-29-21-14-22-30-41/h11-32,42-47,50-51,61H,33-35H2,1-10H3,(H,56,62,64)(H,57,63,65)/t42-,43-,44-,45-,46-,47-,50-,51-/m1/s1. The van der Waals surface area contributed by atoms with Crippen molar-refractivity contribution in [3.63, 3.8) is 0 Å². The molecule has 16 nitrogen and oxygen atoms in total. The van der Waals surface area contributed by atoms with Crippen LogP contribution in [0.15, 0.2) is 153 Å². The van der Waals surface area contributed by atoms with E-state index < -0.39 is 93.1 Å². The van der Waals surface area contributed by atoms with Crippen LogP contribution in [0.3, 0.4) is 0 Å². The van der Waals surface area contributed by atoms with E-state index in [2.05, 4.69) is 100 Å². The van der Waals surface area contributed by atoms with Gasteiger partial charge in [0.15, 0.2) is 12.5 Å². The number of methoxy groups -OCH3 is 1. The first kappa shape index (κ1) is 53.6. The Morgan fingerprint density at radius 2 is 1.01 bits per heavy atom. The Hall–Kier alpha value is -5.65. The zero-order chi connectivity index (χ0) is 52.5.